The molecule has 3 aromatic rings. The summed E-state index contributed by atoms with van der Waals surface area (Å²) in [6.07, 6.45) is -0.107. The van der Waals surface area contributed by atoms with Crippen molar-refractivity contribution >= 4 is 27.8 Å². The Morgan fingerprint density at radius 1 is 1.09 bits per heavy atom. The van der Waals surface area contributed by atoms with Crippen LogP contribution in [0, 0.1) is 13.8 Å². The van der Waals surface area contributed by atoms with E-state index in [0.717, 1.165) is 16.6 Å². The number of carbonyl (C=O) groups is 1. The number of aromatic amines is 1. The van der Waals surface area contributed by atoms with Gasteiger partial charge in [0.2, 0.25) is 0 Å². The van der Waals surface area contributed by atoms with Crippen molar-refractivity contribution in [2.24, 2.45) is 0 Å². The van der Waals surface area contributed by atoms with E-state index in [0.29, 0.717) is 21.9 Å². The quantitative estimate of drug-likeness (QED) is 0.514. The van der Waals surface area contributed by atoms with Crippen molar-refractivity contribution in [3.63, 3.8) is 0 Å². The molecule has 0 aliphatic heterocycles. The summed E-state index contributed by atoms with van der Waals surface area (Å²) in [4.78, 5) is 26.9. The van der Waals surface area contributed by atoms with Crippen LogP contribution in [0.25, 0.3) is 21.8 Å². The van der Waals surface area contributed by atoms with Crippen molar-refractivity contribution in [2.45, 2.75) is 20.3 Å². The van der Waals surface area contributed by atoms with Crippen molar-refractivity contribution in [3.8, 4) is 0 Å². The molecule has 0 radical (unpaired) electrons. The summed E-state index contributed by atoms with van der Waals surface area (Å²) >= 11 is 0. The number of hydrogen-bond acceptors (Lipinski definition) is 2. The summed E-state index contributed by atoms with van der Waals surface area (Å²) in [7, 11) is 0. The van der Waals surface area contributed by atoms with Gasteiger partial charge in [0.05, 0.1) is 17.5 Å². The molecule has 106 valence electrons. The Bertz CT molecular complexity index is 944. The van der Waals surface area contributed by atoms with Gasteiger partial charge in [0.25, 0.3) is 0 Å². The minimum absolute atomic E-state index is 0. The number of H-pyrrole nitrogens is 1. The van der Waals surface area contributed by atoms with Crippen molar-refractivity contribution in [1.29, 1.82) is 0 Å². The van der Waals surface area contributed by atoms with Crippen LogP contribution in [0.1, 0.15) is 16.7 Å². The van der Waals surface area contributed by atoms with E-state index in [9.17, 15) is 9.59 Å². The van der Waals surface area contributed by atoms with Crippen LogP contribution in [0.4, 0.5) is 0 Å². The van der Waals surface area contributed by atoms with Gasteiger partial charge in [-0.3, -0.25) is 9.59 Å². The van der Waals surface area contributed by atoms with Gasteiger partial charge in [0.15, 0.2) is 5.43 Å². The van der Waals surface area contributed by atoms with Gasteiger partial charge in [0, 0.05) is 10.8 Å². The molecule has 0 atom stereocenters. The molecule has 5 heteroatoms. The number of nitrogens with one attached hydrogen (secondary N) is 1. The van der Waals surface area contributed by atoms with E-state index in [4.69, 9.17) is 5.11 Å². The van der Waals surface area contributed by atoms with Gasteiger partial charge in [-0.25, -0.2) is 0 Å². The molecule has 0 spiro atoms. The second-order valence-corrected chi connectivity index (χ2v) is 5.29. The summed E-state index contributed by atoms with van der Waals surface area (Å²) in [5.41, 5.74) is 4.07. The van der Waals surface area contributed by atoms with Gasteiger partial charge in [-0.05, 0) is 42.7 Å². The summed E-state index contributed by atoms with van der Waals surface area (Å²) in [5.74, 6) is -0.913. The summed E-state index contributed by atoms with van der Waals surface area (Å²) in [6.45, 7) is 3.94. The number of fused-ring (bicyclic) bond motifs is 2. The number of aliphatic carboxylic acids is 1. The Morgan fingerprint density at radius 2 is 1.77 bits per heavy atom. The molecule has 0 fully saturated rings. The van der Waals surface area contributed by atoms with Crippen LogP contribution in [0.2, 0.25) is 0 Å². The zero-order valence-electron chi connectivity index (χ0n) is 12.9. The number of para-hydroxylation sites is 1. The topological polar surface area (TPSA) is 70.2 Å². The third kappa shape index (κ3) is 2.70. The molecular weight excluding hydrogens is 289 g/mol. The first-order valence-electron chi connectivity index (χ1n) is 6.74. The Kier molecular flexibility index (Phi) is 4.75. The predicted octanol–water partition coefficient (Wildman–Crippen LogP) is -0.0708. The maximum absolute atomic E-state index is 12.6. The molecule has 0 aliphatic rings. The first-order chi connectivity index (χ1) is 9.99. The van der Waals surface area contributed by atoms with Gasteiger partial charge < -0.3 is 10.1 Å². The van der Waals surface area contributed by atoms with E-state index >= 15 is 0 Å². The molecule has 0 unspecified atom stereocenters. The summed E-state index contributed by atoms with van der Waals surface area (Å²) in [6, 6.07) is 8.94. The number of benzene rings is 2. The maximum Gasteiger partial charge on any atom is 1.00 e. The number of carboxylic acids is 1. The average Bonchev–Trinajstić information content (AvgIpc) is 2.44. The zero-order valence-corrected chi connectivity index (χ0v) is 14.9. The minimum Gasteiger partial charge on any atom is -0.481 e. The van der Waals surface area contributed by atoms with Gasteiger partial charge in [-0.1, -0.05) is 18.2 Å². The molecule has 1 heterocycles. The molecule has 0 bridgehead atoms. The zero-order chi connectivity index (χ0) is 15.1. The SMILES string of the molecule is Cc1ccc2c(=O)c3cccc(CC(=O)O)c3[nH]c2c1C.[Na+]. The molecular formula is C17H15NNaO3+. The minimum atomic E-state index is -0.913. The Labute approximate surface area is 149 Å². The van der Waals surface area contributed by atoms with Crippen molar-refractivity contribution in [3.05, 3.63) is 57.2 Å². The second kappa shape index (κ2) is 6.24. The van der Waals surface area contributed by atoms with Crippen LogP contribution in [0.5, 0.6) is 0 Å². The molecule has 0 saturated heterocycles. The fourth-order valence-electron chi connectivity index (χ4n) is 2.68. The Hall–Kier alpha value is -1.62. The van der Waals surface area contributed by atoms with Crippen LogP contribution >= 0.6 is 0 Å². The monoisotopic (exact) mass is 304 g/mol. The fourth-order valence-corrected chi connectivity index (χ4v) is 2.68. The van der Waals surface area contributed by atoms with Gasteiger partial charge >= 0.3 is 35.5 Å². The molecule has 4 nitrogen and oxygen atoms in total. The molecule has 3 rings (SSSR count). The maximum atomic E-state index is 12.6. The van der Waals surface area contributed by atoms with Crippen LogP contribution in [0.3, 0.4) is 0 Å². The smallest absolute Gasteiger partial charge is 0.481 e. The fraction of sp³-hybridized carbons (Fsp3) is 0.176. The van der Waals surface area contributed by atoms with Crippen LogP contribution in [-0.4, -0.2) is 16.1 Å². The molecule has 2 aromatic carbocycles. The first kappa shape index (κ1) is 16.7. The molecule has 0 amide bonds. The number of pyridine rings is 1. The molecule has 0 saturated carbocycles. The van der Waals surface area contributed by atoms with E-state index in [1.54, 1.807) is 18.2 Å². The van der Waals surface area contributed by atoms with Crippen molar-refractivity contribution < 1.29 is 39.5 Å². The largest absolute Gasteiger partial charge is 1.00 e. The van der Waals surface area contributed by atoms with Gasteiger partial charge in [0.1, 0.15) is 0 Å². The van der Waals surface area contributed by atoms with E-state index in [-0.39, 0.29) is 41.4 Å². The van der Waals surface area contributed by atoms with Crippen molar-refractivity contribution in [2.75, 3.05) is 0 Å². The summed E-state index contributed by atoms with van der Waals surface area (Å²) < 4.78 is 0. The molecule has 22 heavy (non-hydrogen) atoms. The number of hydrogen-bond donors (Lipinski definition) is 2. The first-order valence-corrected chi connectivity index (χ1v) is 6.74. The molecule has 1 aromatic heterocycles. The third-order valence-corrected chi connectivity index (χ3v) is 3.97. The van der Waals surface area contributed by atoms with E-state index in [2.05, 4.69) is 4.98 Å². The van der Waals surface area contributed by atoms with E-state index < -0.39 is 5.97 Å². The Morgan fingerprint density at radius 3 is 2.45 bits per heavy atom. The van der Waals surface area contributed by atoms with Crippen LogP contribution in [0.15, 0.2) is 35.1 Å². The number of aromatic nitrogens is 1. The predicted molar refractivity (Wildman–Crippen MR) is 82.9 cm³/mol. The van der Waals surface area contributed by atoms with E-state index in [1.807, 2.05) is 26.0 Å². The number of rotatable bonds is 2. The third-order valence-electron chi connectivity index (χ3n) is 3.97. The normalized spacial score (nSPS) is 10.6. The van der Waals surface area contributed by atoms with Crippen molar-refractivity contribution in [1.82, 2.24) is 4.98 Å². The molecule has 2 N–H and O–H groups in total. The van der Waals surface area contributed by atoms with E-state index in [1.165, 1.54) is 0 Å². The second-order valence-electron chi connectivity index (χ2n) is 5.29. The number of carboxylic acid groups (broad SMARTS) is 1. The van der Waals surface area contributed by atoms with Gasteiger partial charge in [-0.2, -0.15) is 0 Å². The summed E-state index contributed by atoms with van der Waals surface area (Å²) in [5, 5.41) is 10.2. The molecule has 0 aliphatic carbocycles. The average molecular weight is 304 g/mol. The Balaban J connectivity index is 0.00000176. The van der Waals surface area contributed by atoms with Crippen LogP contribution in [-0.2, 0) is 11.2 Å². The standard InChI is InChI=1S/C17H15NO3.Na/c1-9-6-7-13-15(10(9)2)18-16-11(8-14(19)20)4-3-5-12(16)17(13)21;/h3-7H,8H2,1-2H3,(H,18,21)(H,19,20);/q;+1. The van der Waals surface area contributed by atoms with Crippen LogP contribution < -0.4 is 35.0 Å². The van der Waals surface area contributed by atoms with Gasteiger partial charge in [-0.15, -0.1) is 0 Å². The number of aryl methyl sites for hydroxylation is 2.